The molecule has 15 nitrogen and oxygen atoms in total. The van der Waals surface area contributed by atoms with E-state index in [1.807, 2.05) is 51.1 Å². The van der Waals surface area contributed by atoms with Gasteiger partial charge in [0.2, 0.25) is 17.7 Å². The highest BCUT2D eigenvalue weighted by Gasteiger charge is 2.48. The van der Waals surface area contributed by atoms with E-state index in [1.165, 1.54) is 19.8 Å². The summed E-state index contributed by atoms with van der Waals surface area (Å²) in [5.74, 6) is -3.94. The topological polar surface area (TPSA) is 175 Å². The fraction of sp³-hybridized carbons (Fsp3) is 0.676. The molecular weight excluding hydrogens is 668 g/mol. The molecule has 1 aromatic carbocycles. The standard InChI is InChI=1S/C37H56N8O7/c1-6-24(4)31-37(51)45(52)30(21-23(2)3)36(50)44-28(16-11-19-39-44)35(49)43-27(15-10-18-38-43)33(47)41(5)29(22-25-13-8-7-9-14-25)34(48)42-20-12-17-26(42)32(46)40-31/h7-9,13-14,23-24,26-31,38-39,52H,6,10-12,15-22H2,1-5H3,(H,40,46). The van der Waals surface area contributed by atoms with Gasteiger partial charge < -0.3 is 15.1 Å². The smallest absolute Gasteiger partial charge is 0.269 e. The van der Waals surface area contributed by atoms with E-state index in [4.69, 9.17) is 0 Å². The SMILES string of the molecule is CCC(C)C1NC(=O)C2CCCN2C(=O)C(Cc2ccccc2)N(C)C(=O)C2CCCNN2C(=O)C2CCCNN2C(=O)C(CC(C)C)N(O)C1=O. The Labute approximate surface area is 306 Å². The molecule has 286 valence electrons. The number of nitrogens with zero attached hydrogens (tertiary/aromatic N) is 5. The number of amides is 6. The highest BCUT2D eigenvalue weighted by atomic mass is 16.5. The highest BCUT2D eigenvalue weighted by Crippen LogP contribution is 2.27. The molecule has 0 radical (unpaired) electrons. The second-order valence-corrected chi connectivity index (χ2v) is 15.1. The van der Waals surface area contributed by atoms with Gasteiger partial charge >= 0.3 is 0 Å². The lowest BCUT2D eigenvalue weighted by molar-refractivity contribution is -0.191. The van der Waals surface area contributed by atoms with Crippen LogP contribution in [0.5, 0.6) is 0 Å². The molecule has 52 heavy (non-hydrogen) atoms. The third-order valence-electron chi connectivity index (χ3n) is 11.0. The van der Waals surface area contributed by atoms with Gasteiger partial charge in [0.05, 0.1) is 0 Å². The Hall–Kier alpha value is -4.08. The Morgan fingerprint density at radius 2 is 1.35 bits per heavy atom. The van der Waals surface area contributed by atoms with E-state index in [1.54, 1.807) is 14.0 Å². The first kappa shape index (κ1) is 39.1. The van der Waals surface area contributed by atoms with E-state index < -0.39 is 77.6 Å². The number of carbonyl (C=O) groups is 6. The lowest BCUT2D eigenvalue weighted by atomic mass is 9.95. The summed E-state index contributed by atoms with van der Waals surface area (Å²) in [5, 5.41) is 17.4. The summed E-state index contributed by atoms with van der Waals surface area (Å²) < 4.78 is 0. The van der Waals surface area contributed by atoms with Gasteiger partial charge in [-0.1, -0.05) is 64.4 Å². The molecule has 6 amide bonds. The van der Waals surface area contributed by atoms with E-state index in [2.05, 4.69) is 16.2 Å². The number of carbonyl (C=O) groups excluding carboxylic acids is 6. The average molecular weight is 725 g/mol. The normalized spacial score (nSPS) is 29.4. The molecule has 0 aromatic heterocycles. The van der Waals surface area contributed by atoms with E-state index in [9.17, 15) is 34.0 Å². The van der Waals surface area contributed by atoms with Crippen molar-refractivity contribution in [3.8, 4) is 0 Å². The zero-order valence-electron chi connectivity index (χ0n) is 31.1. The number of hydrogen-bond acceptors (Lipinski definition) is 9. The first-order chi connectivity index (χ1) is 24.8. The maximum atomic E-state index is 14.6. The number of likely N-dealkylation sites (N-methyl/N-ethyl adjacent to an activating group) is 1. The molecule has 4 aliphatic heterocycles. The predicted molar refractivity (Wildman–Crippen MR) is 190 cm³/mol. The van der Waals surface area contributed by atoms with Gasteiger partial charge in [-0.05, 0) is 62.3 Å². The molecule has 4 fully saturated rings. The van der Waals surface area contributed by atoms with E-state index in [0.29, 0.717) is 56.7 Å². The summed E-state index contributed by atoms with van der Waals surface area (Å²) in [6, 6.07) is 2.85. The van der Waals surface area contributed by atoms with Crippen LogP contribution >= 0.6 is 0 Å². The van der Waals surface area contributed by atoms with E-state index in [0.717, 1.165) is 5.56 Å². The number of rotatable bonds is 6. The number of hydrogen-bond donors (Lipinski definition) is 4. The van der Waals surface area contributed by atoms with E-state index in [-0.39, 0.29) is 31.7 Å². The van der Waals surface area contributed by atoms with Crippen molar-refractivity contribution < 1.29 is 34.0 Å². The molecule has 1 aromatic rings. The van der Waals surface area contributed by atoms with Crippen molar-refractivity contribution in [2.24, 2.45) is 11.8 Å². The molecule has 0 saturated carbocycles. The quantitative estimate of drug-likeness (QED) is 0.315. The maximum Gasteiger partial charge on any atom is 0.269 e. The molecule has 4 N–H and O–H groups in total. The number of benzene rings is 1. The Balaban J connectivity index is 1.61. The van der Waals surface area contributed by atoms with Crippen LogP contribution in [0, 0.1) is 11.8 Å². The molecule has 4 saturated heterocycles. The van der Waals surface area contributed by atoms with Crippen LogP contribution in [0.2, 0.25) is 0 Å². The van der Waals surface area contributed by atoms with Crippen LogP contribution in [-0.2, 0) is 35.2 Å². The Bertz CT molecular complexity index is 1480. The van der Waals surface area contributed by atoms with Gasteiger partial charge in [0.25, 0.3) is 17.7 Å². The first-order valence-electron chi connectivity index (χ1n) is 18.9. The van der Waals surface area contributed by atoms with E-state index >= 15 is 0 Å². The summed E-state index contributed by atoms with van der Waals surface area (Å²) in [6.45, 7) is 8.44. The van der Waals surface area contributed by atoms with Crippen molar-refractivity contribution >= 4 is 35.4 Å². The summed E-state index contributed by atoms with van der Waals surface area (Å²) in [5.41, 5.74) is 6.96. The van der Waals surface area contributed by atoms with Gasteiger partial charge in [-0.25, -0.2) is 15.9 Å². The van der Waals surface area contributed by atoms with Crippen LogP contribution in [0.1, 0.15) is 84.6 Å². The van der Waals surface area contributed by atoms with Gasteiger partial charge in [0.15, 0.2) is 0 Å². The molecule has 4 aliphatic rings. The molecule has 7 atom stereocenters. The molecule has 7 unspecified atom stereocenters. The third-order valence-corrected chi connectivity index (χ3v) is 11.0. The fourth-order valence-electron chi connectivity index (χ4n) is 7.81. The average Bonchev–Trinajstić information content (AvgIpc) is 3.66. The second kappa shape index (κ2) is 17.2. The monoisotopic (exact) mass is 724 g/mol. The molecular formula is C37H56N8O7. The summed E-state index contributed by atoms with van der Waals surface area (Å²) in [4.78, 5) is 89.2. The van der Waals surface area contributed by atoms with Gasteiger partial charge in [-0.15, -0.1) is 0 Å². The number of nitrogens with one attached hydrogen (secondary N) is 3. The number of hydroxylamine groups is 2. The van der Waals surface area contributed by atoms with Crippen molar-refractivity contribution in [1.82, 2.24) is 41.0 Å². The maximum absolute atomic E-state index is 14.6. The van der Waals surface area contributed by atoms with Crippen LogP contribution in [0.4, 0.5) is 0 Å². The van der Waals surface area contributed by atoms with Gasteiger partial charge in [-0.3, -0.25) is 44.0 Å². The molecule has 0 aliphatic carbocycles. The minimum Gasteiger partial charge on any atom is -0.342 e. The molecule has 4 heterocycles. The Kier molecular flexibility index (Phi) is 12.9. The number of fused-ring (bicyclic) bond motifs is 3. The number of hydrazine groups is 2. The van der Waals surface area contributed by atoms with Crippen LogP contribution in [0.3, 0.4) is 0 Å². The zero-order valence-corrected chi connectivity index (χ0v) is 31.1. The van der Waals surface area contributed by atoms with Crippen LogP contribution < -0.4 is 16.2 Å². The van der Waals surface area contributed by atoms with Crippen molar-refractivity contribution in [3.63, 3.8) is 0 Å². The summed E-state index contributed by atoms with van der Waals surface area (Å²) >= 11 is 0. The molecule has 0 spiro atoms. The lowest BCUT2D eigenvalue weighted by Gasteiger charge is -2.44. The van der Waals surface area contributed by atoms with Crippen molar-refractivity contribution in [1.29, 1.82) is 0 Å². The Morgan fingerprint density at radius 1 is 0.750 bits per heavy atom. The summed E-state index contributed by atoms with van der Waals surface area (Å²) in [7, 11) is 1.57. The van der Waals surface area contributed by atoms with Crippen LogP contribution in [0.15, 0.2) is 30.3 Å². The minimum atomic E-state index is -1.36. The molecule has 5 rings (SSSR count). The van der Waals surface area contributed by atoms with Crippen LogP contribution in [0.25, 0.3) is 0 Å². The minimum absolute atomic E-state index is 0.0862. The van der Waals surface area contributed by atoms with Crippen molar-refractivity contribution in [2.75, 3.05) is 26.7 Å². The predicted octanol–water partition coefficient (Wildman–Crippen LogP) is 1.22. The lowest BCUT2D eigenvalue weighted by Crippen LogP contribution is -2.68. The third kappa shape index (κ3) is 8.26. The largest absolute Gasteiger partial charge is 0.342 e. The zero-order chi connectivity index (χ0) is 37.7. The van der Waals surface area contributed by atoms with Gasteiger partial charge in [-0.2, -0.15) is 0 Å². The van der Waals surface area contributed by atoms with Crippen LogP contribution in [-0.4, -0.2) is 128 Å². The second-order valence-electron chi connectivity index (χ2n) is 15.1. The molecule has 0 bridgehead atoms. The van der Waals surface area contributed by atoms with Crippen molar-refractivity contribution in [2.45, 2.75) is 122 Å². The highest BCUT2D eigenvalue weighted by molar-refractivity contribution is 5.98. The molecule has 15 heteroatoms. The first-order valence-corrected chi connectivity index (χ1v) is 18.9. The fourth-order valence-corrected chi connectivity index (χ4v) is 7.81. The Morgan fingerprint density at radius 3 is 1.96 bits per heavy atom. The van der Waals surface area contributed by atoms with Crippen molar-refractivity contribution in [3.05, 3.63) is 35.9 Å². The summed E-state index contributed by atoms with van der Waals surface area (Å²) in [6.07, 6.45) is 3.42. The van der Waals surface area contributed by atoms with Gasteiger partial charge in [0, 0.05) is 33.1 Å². The van der Waals surface area contributed by atoms with Gasteiger partial charge in [0.1, 0.15) is 36.3 Å².